The second-order valence-electron chi connectivity index (χ2n) is 4.04. The van der Waals surface area contributed by atoms with Crippen molar-refractivity contribution >= 4 is 38.9 Å². The van der Waals surface area contributed by atoms with Crippen LogP contribution in [-0.2, 0) is 6.42 Å². The maximum atomic E-state index is 12.0. The number of nitrogens with one attached hydrogen (secondary N) is 1. The third-order valence-electron chi connectivity index (χ3n) is 2.65. The van der Waals surface area contributed by atoms with Crippen molar-refractivity contribution in [3.05, 3.63) is 50.1 Å². The number of anilines is 1. The Kier molecular flexibility index (Phi) is 4.19. The Bertz CT molecular complexity index is 577. The molecule has 0 radical (unpaired) electrons. The molecule has 0 fully saturated rings. The molecule has 2 aromatic rings. The van der Waals surface area contributed by atoms with E-state index in [4.69, 9.17) is 0 Å². The van der Waals surface area contributed by atoms with Crippen LogP contribution in [0.25, 0.3) is 0 Å². The molecule has 2 nitrogen and oxygen atoms in total. The molecule has 0 unspecified atom stereocenters. The fraction of sp³-hybridized carbons (Fsp3) is 0.214. The number of aryl methyl sites for hydroxylation is 2. The van der Waals surface area contributed by atoms with E-state index in [2.05, 4.69) is 28.2 Å². The fourth-order valence-corrected chi connectivity index (χ4v) is 2.69. The van der Waals surface area contributed by atoms with Crippen LogP contribution in [-0.4, -0.2) is 5.91 Å². The number of benzene rings is 1. The van der Waals surface area contributed by atoms with Gasteiger partial charge in [0.2, 0.25) is 0 Å². The number of carbonyl (C=O) groups excluding carboxylic acids is 1. The molecule has 0 saturated heterocycles. The summed E-state index contributed by atoms with van der Waals surface area (Å²) in [5, 5.41) is 2.91. The maximum Gasteiger partial charge on any atom is 0.265 e. The summed E-state index contributed by atoms with van der Waals surface area (Å²) >= 11 is 4.99. The van der Waals surface area contributed by atoms with Crippen LogP contribution in [0.2, 0.25) is 0 Å². The van der Waals surface area contributed by atoms with Crippen molar-refractivity contribution in [3.8, 4) is 0 Å². The van der Waals surface area contributed by atoms with Crippen molar-refractivity contribution < 1.29 is 4.79 Å². The number of thiophene rings is 1. The van der Waals surface area contributed by atoms with Gasteiger partial charge in [-0.2, -0.15) is 0 Å². The van der Waals surface area contributed by atoms with Gasteiger partial charge in [0.25, 0.3) is 5.91 Å². The molecule has 1 aromatic heterocycles. The lowest BCUT2D eigenvalue weighted by molar-refractivity contribution is 0.103. The molecule has 0 aliphatic rings. The smallest absolute Gasteiger partial charge is 0.265 e. The van der Waals surface area contributed by atoms with Gasteiger partial charge in [0.05, 0.1) is 4.88 Å². The minimum absolute atomic E-state index is 0.0403. The van der Waals surface area contributed by atoms with Crippen molar-refractivity contribution in [2.24, 2.45) is 0 Å². The predicted octanol–water partition coefficient (Wildman–Crippen LogP) is 4.63. The first-order chi connectivity index (χ1) is 8.60. The summed E-state index contributed by atoms with van der Waals surface area (Å²) in [6, 6.07) is 9.67. The zero-order chi connectivity index (χ0) is 13.1. The largest absolute Gasteiger partial charge is 0.321 e. The molecule has 0 aliphatic carbocycles. The van der Waals surface area contributed by atoms with Crippen LogP contribution in [0.1, 0.15) is 27.0 Å². The van der Waals surface area contributed by atoms with Crippen molar-refractivity contribution in [1.29, 1.82) is 0 Å². The van der Waals surface area contributed by atoms with Gasteiger partial charge in [0, 0.05) is 15.0 Å². The van der Waals surface area contributed by atoms with E-state index in [1.807, 2.05) is 37.3 Å². The van der Waals surface area contributed by atoms with Gasteiger partial charge in [-0.15, -0.1) is 11.3 Å². The van der Waals surface area contributed by atoms with E-state index >= 15 is 0 Å². The highest BCUT2D eigenvalue weighted by Crippen LogP contribution is 2.22. The summed E-state index contributed by atoms with van der Waals surface area (Å²) in [5.41, 5.74) is 1.93. The second-order valence-corrected chi connectivity index (χ2v) is 6.06. The summed E-state index contributed by atoms with van der Waals surface area (Å²) in [6.07, 6.45) is 0.968. The van der Waals surface area contributed by atoms with Gasteiger partial charge >= 0.3 is 0 Å². The van der Waals surface area contributed by atoms with Crippen LogP contribution < -0.4 is 5.32 Å². The van der Waals surface area contributed by atoms with Gasteiger partial charge in [-0.1, -0.05) is 22.9 Å². The summed E-state index contributed by atoms with van der Waals surface area (Å²) in [6.45, 7) is 4.09. The highest BCUT2D eigenvalue weighted by atomic mass is 79.9. The van der Waals surface area contributed by atoms with Crippen LogP contribution in [0.15, 0.2) is 34.8 Å². The molecule has 1 amide bonds. The molecule has 0 aliphatic heterocycles. The van der Waals surface area contributed by atoms with Crippen LogP contribution in [0.5, 0.6) is 0 Å². The van der Waals surface area contributed by atoms with Crippen LogP contribution in [0.3, 0.4) is 0 Å². The third kappa shape index (κ3) is 3.00. The first kappa shape index (κ1) is 13.3. The molecule has 1 heterocycles. The maximum absolute atomic E-state index is 12.0. The van der Waals surface area contributed by atoms with Gasteiger partial charge in [0.15, 0.2) is 0 Å². The van der Waals surface area contributed by atoms with Crippen molar-refractivity contribution in [2.75, 3.05) is 5.32 Å². The molecular weight excluding hydrogens is 310 g/mol. The predicted molar refractivity (Wildman–Crippen MR) is 80.5 cm³/mol. The Hall–Kier alpha value is -1.13. The minimum atomic E-state index is -0.0403. The molecule has 4 heteroatoms. The van der Waals surface area contributed by atoms with Crippen LogP contribution >= 0.6 is 27.3 Å². The zero-order valence-electron chi connectivity index (χ0n) is 10.3. The lowest BCUT2D eigenvalue weighted by Gasteiger charge is -2.05. The SMILES string of the molecule is CCc1ccc(C(=O)Nc2ccc(Br)c(C)c2)s1. The molecule has 94 valence electrons. The molecule has 0 bridgehead atoms. The van der Waals surface area contributed by atoms with Gasteiger partial charge < -0.3 is 5.32 Å². The van der Waals surface area contributed by atoms with E-state index in [1.54, 1.807) is 11.3 Å². The number of rotatable bonds is 3. The summed E-state index contributed by atoms with van der Waals surface area (Å²) in [4.78, 5) is 14.0. The second kappa shape index (κ2) is 5.67. The summed E-state index contributed by atoms with van der Waals surface area (Å²) in [7, 11) is 0. The van der Waals surface area contributed by atoms with E-state index in [1.165, 1.54) is 4.88 Å². The van der Waals surface area contributed by atoms with Gasteiger partial charge in [0.1, 0.15) is 0 Å². The van der Waals surface area contributed by atoms with Crippen molar-refractivity contribution in [1.82, 2.24) is 0 Å². The molecule has 0 atom stereocenters. The average molecular weight is 324 g/mol. The number of halogens is 1. The molecular formula is C14H14BrNOS. The number of hydrogen-bond acceptors (Lipinski definition) is 2. The first-order valence-corrected chi connectivity index (χ1v) is 7.37. The van der Waals surface area contributed by atoms with E-state index < -0.39 is 0 Å². The monoisotopic (exact) mass is 323 g/mol. The Morgan fingerprint density at radius 1 is 1.33 bits per heavy atom. The molecule has 18 heavy (non-hydrogen) atoms. The third-order valence-corrected chi connectivity index (χ3v) is 4.77. The summed E-state index contributed by atoms with van der Waals surface area (Å²) < 4.78 is 1.05. The number of hydrogen-bond donors (Lipinski definition) is 1. The Labute approximate surface area is 119 Å². The van der Waals surface area contributed by atoms with Gasteiger partial charge in [-0.05, 0) is 49.2 Å². The minimum Gasteiger partial charge on any atom is -0.321 e. The van der Waals surface area contributed by atoms with E-state index in [0.717, 1.165) is 27.0 Å². The Morgan fingerprint density at radius 2 is 2.11 bits per heavy atom. The van der Waals surface area contributed by atoms with Crippen LogP contribution in [0.4, 0.5) is 5.69 Å². The highest BCUT2D eigenvalue weighted by molar-refractivity contribution is 9.10. The highest BCUT2D eigenvalue weighted by Gasteiger charge is 2.09. The van der Waals surface area contributed by atoms with E-state index in [0.29, 0.717) is 0 Å². The number of carbonyl (C=O) groups is 1. The lowest BCUT2D eigenvalue weighted by Crippen LogP contribution is -2.10. The quantitative estimate of drug-likeness (QED) is 0.876. The van der Waals surface area contributed by atoms with Crippen LogP contribution in [0, 0.1) is 6.92 Å². The van der Waals surface area contributed by atoms with Crippen molar-refractivity contribution in [3.63, 3.8) is 0 Å². The van der Waals surface area contributed by atoms with E-state index in [9.17, 15) is 4.79 Å². The first-order valence-electron chi connectivity index (χ1n) is 5.76. The fourth-order valence-electron chi connectivity index (χ4n) is 1.61. The van der Waals surface area contributed by atoms with Gasteiger partial charge in [-0.25, -0.2) is 0 Å². The molecule has 1 aromatic carbocycles. The van der Waals surface area contributed by atoms with E-state index in [-0.39, 0.29) is 5.91 Å². The lowest BCUT2D eigenvalue weighted by atomic mass is 10.2. The molecule has 1 N–H and O–H groups in total. The molecule has 0 spiro atoms. The zero-order valence-corrected chi connectivity index (χ0v) is 12.7. The number of amides is 1. The Balaban J connectivity index is 2.13. The van der Waals surface area contributed by atoms with Gasteiger partial charge in [-0.3, -0.25) is 4.79 Å². The van der Waals surface area contributed by atoms with Crippen molar-refractivity contribution in [2.45, 2.75) is 20.3 Å². The average Bonchev–Trinajstić information content (AvgIpc) is 2.82. The standard InChI is InChI=1S/C14H14BrNOS/c1-3-11-5-7-13(18-11)14(17)16-10-4-6-12(15)9(2)8-10/h4-8H,3H2,1-2H3,(H,16,17). The molecule has 0 saturated carbocycles. The normalized spacial score (nSPS) is 10.4. The summed E-state index contributed by atoms with van der Waals surface area (Å²) in [5.74, 6) is -0.0403. The molecule has 2 rings (SSSR count). The topological polar surface area (TPSA) is 29.1 Å². The Morgan fingerprint density at radius 3 is 2.72 bits per heavy atom.